The minimum atomic E-state index is -0.116. The molecule has 2 aliphatic rings. The van der Waals surface area contributed by atoms with Crippen molar-refractivity contribution in [3.05, 3.63) is 305 Å². The van der Waals surface area contributed by atoms with Crippen LogP contribution >= 0.6 is 0 Å². The van der Waals surface area contributed by atoms with Crippen molar-refractivity contribution >= 4 is 67.7 Å². The van der Waals surface area contributed by atoms with E-state index in [0.717, 1.165) is 12.8 Å². The van der Waals surface area contributed by atoms with Crippen LogP contribution in [0, 0.1) is 0 Å². The molecule has 4 heteroatoms. The van der Waals surface area contributed by atoms with E-state index in [0.29, 0.717) is 19.6 Å². The molecule has 0 bridgehead atoms. The van der Waals surface area contributed by atoms with E-state index < -0.39 is 0 Å². The second kappa shape index (κ2) is 27.1. The average Bonchev–Trinajstić information content (AvgIpc) is 0.821. The molecule has 3 heterocycles. The van der Waals surface area contributed by atoms with E-state index in [2.05, 4.69) is 365 Å². The van der Waals surface area contributed by atoms with Gasteiger partial charge in [0.1, 0.15) is 0 Å². The molecule has 0 spiro atoms. The Hall–Kier alpha value is -9.90. The van der Waals surface area contributed by atoms with Gasteiger partial charge in [0.05, 0.1) is 0 Å². The minimum Gasteiger partial charge on any atom is -0.338 e. The number of nitrogens with zero attached hydrogens (tertiary/aromatic N) is 3. The Morgan fingerprint density at radius 1 is 0.294 bits per heavy atom. The van der Waals surface area contributed by atoms with Crippen LogP contribution in [-0.2, 0) is 47.7 Å². The summed E-state index contributed by atoms with van der Waals surface area (Å²) in [5.41, 5.74) is 34.6. The Morgan fingerprint density at radius 2 is 0.696 bits per heavy atom. The lowest BCUT2D eigenvalue weighted by Gasteiger charge is -2.45. The number of fused-ring (bicyclic) bond motifs is 7. The van der Waals surface area contributed by atoms with Gasteiger partial charge in [0, 0.05) is 64.2 Å². The summed E-state index contributed by atoms with van der Waals surface area (Å²) < 4.78 is 2.62. The first-order valence-corrected chi connectivity index (χ1v) is 37.7. The van der Waals surface area contributed by atoms with Crippen molar-refractivity contribution in [3.8, 4) is 55.6 Å². The van der Waals surface area contributed by atoms with E-state index in [1.54, 1.807) is 0 Å². The Labute approximate surface area is 609 Å². The van der Waals surface area contributed by atoms with Crippen LogP contribution in [0.5, 0.6) is 0 Å². The molecular formula is C98H100BN3. The molecule has 0 saturated heterocycles. The van der Waals surface area contributed by atoms with Crippen molar-refractivity contribution in [2.45, 2.75) is 170 Å². The molecule has 12 aromatic carbocycles. The van der Waals surface area contributed by atoms with Crippen molar-refractivity contribution in [1.29, 1.82) is 0 Å². The second-order valence-electron chi connectivity index (χ2n) is 33.5. The summed E-state index contributed by atoms with van der Waals surface area (Å²) in [5.74, 6) is 0. The maximum absolute atomic E-state index is 2.81. The Bertz CT molecular complexity index is 5040. The zero-order valence-corrected chi connectivity index (χ0v) is 62.6. The molecule has 102 heavy (non-hydrogen) atoms. The first kappa shape index (κ1) is 67.9. The van der Waals surface area contributed by atoms with Gasteiger partial charge < -0.3 is 14.4 Å². The lowest BCUT2D eigenvalue weighted by molar-refractivity contribution is 0.590. The average molecular weight is 1330 g/mol. The molecular weight excluding hydrogens is 1230 g/mol. The van der Waals surface area contributed by atoms with Crippen LogP contribution in [0.2, 0.25) is 0 Å². The van der Waals surface area contributed by atoms with Crippen molar-refractivity contribution < 1.29 is 0 Å². The van der Waals surface area contributed by atoms with Gasteiger partial charge >= 0.3 is 0 Å². The molecule has 15 rings (SSSR count). The first-order chi connectivity index (χ1) is 49.1. The predicted molar refractivity (Wildman–Crippen MR) is 442 cm³/mol. The number of aromatic nitrogens is 1. The molecule has 2 aliphatic heterocycles. The molecule has 0 amide bonds. The summed E-state index contributed by atoms with van der Waals surface area (Å²) in [7, 11) is 0. The van der Waals surface area contributed by atoms with Crippen molar-refractivity contribution in [3.63, 3.8) is 0 Å². The fraction of sp³-hybridized carbons (Fsp3) is 0.265. The number of rotatable bonds is 17. The van der Waals surface area contributed by atoms with E-state index in [1.165, 1.54) is 187 Å². The van der Waals surface area contributed by atoms with Crippen LogP contribution in [-0.4, -0.2) is 11.3 Å². The third kappa shape index (κ3) is 13.2. The van der Waals surface area contributed by atoms with Crippen LogP contribution in [0.3, 0.4) is 0 Å². The van der Waals surface area contributed by atoms with E-state index >= 15 is 0 Å². The Morgan fingerprint density at radius 3 is 1.12 bits per heavy atom. The predicted octanol–water partition coefficient (Wildman–Crippen LogP) is 24.7. The van der Waals surface area contributed by atoms with Crippen molar-refractivity contribution in [2.24, 2.45) is 0 Å². The molecule has 0 atom stereocenters. The van der Waals surface area contributed by atoms with Crippen LogP contribution in [0.4, 0.5) is 22.7 Å². The Balaban J connectivity index is 1.03. The van der Waals surface area contributed by atoms with E-state index in [4.69, 9.17) is 0 Å². The van der Waals surface area contributed by atoms with Crippen LogP contribution < -0.4 is 26.2 Å². The number of hydrogen-bond acceptors (Lipinski definition) is 2. The number of hydrogen-bond donors (Lipinski definition) is 0. The van der Waals surface area contributed by atoms with Crippen molar-refractivity contribution in [1.82, 2.24) is 4.57 Å². The van der Waals surface area contributed by atoms with Crippen LogP contribution in [0.1, 0.15) is 167 Å². The molecule has 13 aromatic rings. The summed E-state index contributed by atoms with van der Waals surface area (Å²) >= 11 is 0. The third-order valence-corrected chi connectivity index (χ3v) is 22.2. The number of unbranched alkanes of at least 4 members (excludes halogenated alkanes) is 4. The quantitative estimate of drug-likeness (QED) is 0.0665. The van der Waals surface area contributed by atoms with Gasteiger partial charge in [-0.3, -0.25) is 0 Å². The molecule has 0 fully saturated rings. The van der Waals surface area contributed by atoms with Gasteiger partial charge in [-0.25, -0.2) is 0 Å². The van der Waals surface area contributed by atoms with E-state index in [-0.39, 0.29) is 28.4 Å². The van der Waals surface area contributed by atoms with E-state index in [9.17, 15) is 0 Å². The monoisotopic (exact) mass is 1330 g/mol. The SMILES string of the molecule is CCCCCCCc1cc2c3c(c1)N(Cc1c(-c4ccccc4)cc(C(C)(C)C)cc1-c1ccccc1)c1cc(Cn4c5ccc(C(C)(C)C)cc5c5cc(C(C)(C)C)ccc54)ccc1B3c1cc(-c3ccccc3)ccc1N2Cc1c(-c2ccccc2)cc(C(C)(C)C)cc1-c1ccccc1. The summed E-state index contributed by atoms with van der Waals surface area (Å²) in [6.45, 7) is 32.5. The minimum absolute atomic E-state index is 0.00433. The number of benzene rings is 12. The maximum Gasteiger partial charge on any atom is 0.252 e. The molecule has 0 aliphatic carbocycles. The summed E-state index contributed by atoms with van der Waals surface area (Å²) in [5, 5.41) is 2.64. The highest BCUT2D eigenvalue weighted by molar-refractivity contribution is 7.00. The highest BCUT2D eigenvalue weighted by atomic mass is 15.2. The zero-order chi connectivity index (χ0) is 70.8. The molecule has 0 N–H and O–H groups in total. The highest BCUT2D eigenvalue weighted by Crippen LogP contribution is 2.48. The van der Waals surface area contributed by atoms with Gasteiger partial charge in [0.15, 0.2) is 0 Å². The van der Waals surface area contributed by atoms with Gasteiger partial charge in [-0.1, -0.05) is 328 Å². The van der Waals surface area contributed by atoms with Gasteiger partial charge in [0.2, 0.25) is 0 Å². The Kier molecular flexibility index (Phi) is 18.1. The second-order valence-corrected chi connectivity index (χ2v) is 33.5. The van der Waals surface area contributed by atoms with E-state index in [1.807, 2.05) is 0 Å². The fourth-order valence-corrected chi connectivity index (χ4v) is 16.3. The maximum atomic E-state index is 2.81. The highest BCUT2D eigenvalue weighted by Gasteiger charge is 2.44. The van der Waals surface area contributed by atoms with Gasteiger partial charge in [-0.05, 0) is 200 Å². The van der Waals surface area contributed by atoms with Gasteiger partial charge in [-0.2, -0.15) is 0 Å². The number of aryl methyl sites for hydroxylation is 1. The van der Waals surface area contributed by atoms with Gasteiger partial charge in [-0.15, -0.1) is 0 Å². The molecule has 1 aromatic heterocycles. The molecule has 0 saturated carbocycles. The van der Waals surface area contributed by atoms with Crippen LogP contribution in [0.15, 0.2) is 261 Å². The molecule has 3 nitrogen and oxygen atoms in total. The summed E-state index contributed by atoms with van der Waals surface area (Å²) in [6, 6.07) is 101. The normalized spacial score (nSPS) is 13.0. The van der Waals surface area contributed by atoms with Gasteiger partial charge in [0.25, 0.3) is 6.71 Å². The smallest absolute Gasteiger partial charge is 0.252 e. The topological polar surface area (TPSA) is 11.4 Å². The molecule has 510 valence electrons. The first-order valence-electron chi connectivity index (χ1n) is 37.7. The molecule has 0 radical (unpaired) electrons. The summed E-state index contributed by atoms with van der Waals surface area (Å²) in [4.78, 5) is 5.58. The van der Waals surface area contributed by atoms with Crippen LogP contribution in [0.25, 0.3) is 77.4 Å². The largest absolute Gasteiger partial charge is 0.338 e. The fourth-order valence-electron chi connectivity index (χ4n) is 16.3. The lowest BCUT2D eigenvalue weighted by atomic mass is 9.33. The lowest BCUT2D eigenvalue weighted by Crippen LogP contribution is -2.62. The summed E-state index contributed by atoms with van der Waals surface area (Å²) in [6.07, 6.45) is 7.03. The number of anilines is 4. The zero-order valence-electron chi connectivity index (χ0n) is 62.6. The standard InChI is InChI=1S/C98H100BN3/c1-14-15-16-17-23-34-66-53-92-94-93(54-66)102(65-85-80(71-41-30-21-31-42-71)61-77(98(11,12)13)62-81(85)72-43-32-22-33-44-72)91-55-67(63-100-88-51-47-74(95(2,3)4)57-82(88)83-58-75(96(5,6)7)48-52-89(83)100)45-49-86(91)99(94)87-56-73(68-35-24-18-25-36-68)46-50-90(87)101(92)64-84-78(69-37-26-19-27-38-69)59-76(97(8,9)10)60-79(84)70-39-28-20-29-40-70/h18-22,24-33,35-62H,14-17,23,34,63-65H2,1-13H3. The third-order valence-electron chi connectivity index (χ3n) is 22.2. The molecule has 0 unspecified atom stereocenters. The van der Waals surface area contributed by atoms with Crippen molar-refractivity contribution in [2.75, 3.05) is 9.80 Å².